The first-order chi connectivity index (χ1) is 9.24. The Hall–Kier alpha value is -1.84. The van der Waals surface area contributed by atoms with Gasteiger partial charge >= 0.3 is 0 Å². The summed E-state index contributed by atoms with van der Waals surface area (Å²) in [6.07, 6.45) is 1.52. The van der Waals surface area contributed by atoms with Gasteiger partial charge in [-0.25, -0.2) is 9.67 Å². The standard InChI is InChI=1S/C14H9Cl2N3/c15-11-6-4-10(5-7-11)14-17-9-18-19(14)13-3-1-2-12(16)8-13/h1-9H. The molecule has 0 radical (unpaired) electrons. The fraction of sp³-hybridized carbons (Fsp3) is 0. The molecule has 3 rings (SSSR count). The van der Waals surface area contributed by atoms with Gasteiger partial charge in [0.25, 0.3) is 0 Å². The molecule has 0 amide bonds. The van der Waals surface area contributed by atoms with Crippen LogP contribution < -0.4 is 0 Å². The van der Waals surface area contributed by atoms with Crippen molar-refractivity contribution in [2.24, 2.45) is 0 Å². The van der Waals surface area contributed by atoms with E-state index in [0.29, 0.717) is 10.0 Å². The Morgan fingerprint density at radius 2 is 1.68 bits per heavy atom. The zero-order valence-corrected chi connectivity index (χ0v) is 11.3. The third-order valence-electron chi connectivity index (χ3n) is 2.70. The predicted molar refractivity (Wildman–Crippen MR) is 76.8 cm³/mol. The van der Waals surface area contributed by atoms with Gasteiger partial charge in [0.05, 0.1) is 5.69 Å². The summed E-state index contributed by atoms with van der Waals surface area (Å²) in [6, 6.07) is 15.0. The third-order valence-corrected chi connectivity index (χ3v) is 3.19. The molecule has 0 bridgehead atoms. The third kappa shape index (κ3) is 2.48. The second-order valence-electron chi connectivity index (χ2n) is 3.98. The monoisotopic (exact) mass is 289 g/mol. The number of halogens is 2. The van der Waals surface area contributed by atoms with Gasteiger partial charge in [0, 0.05) is 15.6 Å². The Labute approximate surface area is 120 Å². The second kappa shape index (κ2) is 5.03. The molecular weight excluding hydrogens is 281 g/mol. The topological polar surface area (TPSA) is 30.7 Å². The molecule has 0 spiro atoms. The molecule has 0 saturated heterocycles. The lowest BCUT2D eigenvalue weighted by Crippen LogP contribution is -1.99. The van der Waals surface area contributed by atoms with Gasteiger partial charge in [-0.05, 0) is 42.5 Å². The molecular formula is C14H9Cl2N3. The van der Waals surface area contributed by atoms with Crippen LogP contribution in [0.3, 0.4) is 0 Å². The molecule has 3 aromatic rings. The van der Waals surface area contributed by atoms with Gasteiger partial charge in [-0.15, -0.1) is 0 Å². The van der Waals surface area contributed by atoms with E-state index < -0.39 is 0 Å². The summed E-state index contributed by atoms with van der Waals surface area (Å²) in [6.45, 7) is 0. The normalized spacial score (nSPS) is 10.6. The molecule has 0 aliphatic carbocycles. The molecule has 0 aliphatic rings. The number of benzene rings is 2. The number of nitrogens with zero attached hydrogens (tertiary/aromatic N) is 3. The van der Waals surface area contributed by atoms with Crippen molar-refractivity contribution in [1.29, 1.82) is 0 Å². The van der Waals surface area contributed by atoms with E-state index in [4.69, 9.17) is 23.2 Å². The zero-order valence-electron chi connectivity index (χ0n) is 9.79. The molecule has 0 atom stereocenters. The maximum atomic E-state index is 6.00. The van der Waals surface area contributed by atoms with E-state index in [2.05, 4.69) is 10.1 Å². The largest absolute Gasteiger partial charge is 0.215 e. The summed E-state index contributed by atoms with van der Waals surface area (Å²) in [5.74, 6) is 0.749. The van der Waals surface area contributed by atoms with Crippen molar-refractivity contribution in [1.82, 2.24) is 14.8 Å². The van der Waals surface area contributed by atoms with Crippen LogP contribution in [0.1, 0.15) is 0 Å². The molecule has 94 valence electrons. The number of hydrogen-bond acceptors (Lipinski definition) is 2. The maximum Gasteiger partial charge on any atom is 0.163 e. The summed E-state index contributed by atoms with van der Waals surface area (Å²) in [4.78, 5) is 4.29. The maximum absolute atomic E-state index is 6.00. The highest BCUT2D eigenvalue weighted by Crippen LogP contribution is 2.23. The Kier molecular flexibility index (Phi) is 3.23. The highest BCUT2D eigenvalue weighted by Gasteiger charge is 2.09. The molecule has 0 fully saturated rings. The van der Waals surface area contributed by atoms with E-state index >= 15 is 0 Å². The fourth-order valence-electron chi connectivity index (χ4n) is 1.83. The second-order valence-corrected chi connectivity index (χ2v) is 4.86. The predicted octanol–water partition coefficient (Wildman–Crippen LogP) is 4.24. The highest BCUT2D eigenvalue weighted by molar-refractivity contribution is 6.31. The number of rotatable bonds is 2. The molecule has 0 saturated carbocycles. The quantitative estimate of drug-likeness (QED) is 0.706. The van der Waals surface area contributed by atoms with Gasteiger partial charge in [0.1, 0.15) is 6.33 Å². The Morgan fingerprint density at radius 3 is 2.42 bits per heavy atom. The Morgan fingerprint density at radius 1 is 0.895 bits per heavy atom. The summed E-state index contributed by atoms with van der Waals surface area (Å²) in [7, 11) is 0. The van der Waals surface area contributed by atoms with Crippen molar-refractivity contribution in [3.8, 4) is 17.1 Å². The SMILES string of the molecule is Clc1ccc(-c2ncnn2-c2cccc(Cl)c2)cc1. The molecule has 19 heavy (non-hydrogen) atoms. The van der Waals surface area contributed by atoms with E-state index in [9.17, 15) is 0 Å². The molecule has 5 heteroatoms. The first kappa shape index (κ1) is 12.2. The number of aromatic nitrogens is 3. The van der Waals surface area contributed by atoms with Crippen LogP contribution in [-0.2, 0) is 0 Å². The van der Waals surface area contributed by atoms with Crippen LogP contribution in [0.5, 0.6) is 0 Å². The van der Waals surface area contributed by atoms with Crippen LogP contribution in [0.2, 0.25) is 10.0 Å². The minimum Gasteiger partial charge on any atom is -0.215 e. The van der Waals surface area contributed by atoms with Crippen LogP contribution in [0, 0.1) is 0 Å². The van der Waals surface area contributed by atoms with Gasteiger partial charge in [-0.3, -0.25) is 0 Å². The van der Waals surface area contributed by atoms with Crippen molar-refractivity contribution in [3.05, 3.63) is 64.9 Å². The summed E-state index contributed by atoms with van der Waals surface area (Å²) >= 11 is 11.9. The van der Waals surface area contributed by atoms with E-state index in [1.165, 1.54) is 6.33 Å². The minimum atomic E-state index is 0.662. The van der Waals surface area contributed by atoms with E-state index in [-0.39, 0.29) is 0 Å². The van der Waals surface area contributed by atoms with Crippen LogP contribution >= 0.6 is 23.2 Å². The molecule has 1 heterocycles. The first-order valence-corrected chi connectivity index (χ1v) is 6.41. The lowest BCUT2D eigenvalue weighted by molar-refractivity contribution is 0.887. The highest BCUT2D eigenvalue weighted by atomic mass is 35.5. The fourth-order valence-corrected chi connectivity index (χ4v) is 2.14. The van der Waals surface area contributed by atoms with Gasteiger partial charge in [-0.1, -0.05) is 29.3 Å². The van der Waals surface area contributed by atoms with Crippen LogP contribution in [0.15, 0.2) is 54.9 Å². The zero-order chi connectivity index (χ0) is 13.2. The lowest BCUT2D eigenvalue weighted by Gasteiger charge is -2.06. The van der Waals surface area contributed by atoms with Crippen LogP contribution in [-0.4, -0.2) is 14.8 Å². The van der Waals surface area contributed by atoms with Gasteiger partial charge < -0.3 is 0 Å². The van der Waals surface area contributed by atoms with Crippen LogP contribution in [0.25, 0.3) is 17.1 Å². The molecule has 0 aliphatic heterocycles. The average Bonchev–Trinajstić information content (AvgIpc) is 2.89. The van der Waals surface area contributed by atoms with Gasteiger partial charge in [0.15, 0.2) is 5.82 Å². The van der Waals surface area contributed by atoms with E-state index in [1.807, 2.05) is 48.5 Å². The van der Waals surface area contributed by atoms with Crippen molar-refractivity contribution in [2.45, 2.75) is 0 Å². The summed E-state index contributed by atoms with van der Waals surface area (Å²) in [5.41, 5.74) is 1.82. The van der Waals surface area contributed by atoms with Crippen molar-refractivity contribution in [2.75, 3.05) is 0 Å². The lowest BCUT2D eigenvalue weighted by atomic mass is 10.2. The molecule has 0 N–H and O–H groups in total. The van der Waals surface area contributed by atoms with Gasteiger partial charge in [-0.2, -0.15) is 5.10 Å². The van der Waals surface area contributed by atoms with Crippen molar-refractivity contribution < 1.29 is 0 Å². The smallest absolute Gasteiger partial charge is 0.163 e. The molecule has 2 aromatic carbocycles. The van der Waals surface area contributed by atoms with Crippen LogP contribution in [0.4, 0.5) is 0 Å². The Balaban J connectivity index is 2.10. The number of hydrogen-bond donors (Lipinski definition) is 0. The van der Waals surface area contributed by atoms with Crippen molar-refractivity contribution in [3.63, 3.8) is 0 Å². The first-order valence-electron chi connectivity index (χ1n) is 5.66. The summed E-state index contributed by atoms with van der Waals surface area (Å²) < 4.78 is 1.75. The summed E-state index contributed by atoms with van der Waals surface area (Å²) in [5, 5.41) is 5.59. The molecule has 1 aromatic heterocycles. The Bertz CT molecular complexity index is 705. The van der Waals surface area contributed by atoms with Gasteiger partial charge in [0.2, 0.25) is 0 Å². The van der Waals surface area contributed by atoms with E-state index in [0.717, 1.165) is 17.1 Å². The van der Waals surface area contributed by atoms with E-state index in [1.54, 1.807) is 4.68 Å². The average molecular weight is 290 g/mol. The van der Waals surface area contributed by atoms with Crippen molar-refractivity contribution >= 4 is 23.2 Å². The molecule has 3 nitrogen and oxygen atoms in total. The molecule has 0 unspecified atom stereocenters. The minimum absolute atomic E-state index is 0.662.